The molecule has 1 aliphatic carbocycles. The van der Waals surface area contributed by atoms with Crippen molar-refractivity contribution in [1.82, 2.24) is 0 Å². The summed E-state index contributed by atoms with van der Waals surface area (Å²) in [5.41, 5.74) is 6.03. The molecule has 1 saturated carbocycles. The summed E-state index contributed by atoms with van der Waals surface area (Å²) in [6.07, 6.45) is 6.89. The van der Waals surface area contributed by atoms with Gasteiger partial charge in [-0.05, 0) is 49.9 Å². The van der Waals surface area contributed by atoms with Crippen molar-refractivity contribution >= 4 is 0 Å². The number of hydrogen-bond donors (Lipinski definition) is 2. The Labute approximate surface area is 113 Å². The van der Waals surface area contributed by atoms with Gasteiger partial charge in [-0.3, -0.25) is 0 Å². The van der Waals surface area contributed by atoms with E-state index in [-0.39, 0.29) is 11.5 Å². The van der Waals surface area contributed by atoms with Crippen LogP contribution in [0, 0.1) is 23.2 Å². The van der Waals surface area contributed by atoms with Crippen molar-refractivity contribution in [3.63, 3.8) is 0 Å². The second-order valence-electron chi connectivity index (χ2n) is 6.97. The van der Waals surface area contributed by atoms with Gasteiger partial charge in [0.25, 0.3) is 0 Å². The molecule has 0 bridgehead atoms. The lowest BCUT2D eigenvalue weighted by Gasteiger charge is -2.45. The van der Waals surface area contributed by atoms with Gasteiger partial charge in [0, 0.05) is 12.0 Å². The summed E-state index contributed by atoms with van der Waals surface area (Å²) in [7, 11) is 0. The Hall–Kier alpha value is -0.0800. The molecule has 0 heterocycles. The quantitative estimate of drug-likeness (QED) is 0.762. The van der Waals surface area contributed by atoms with Gasteiger partial charge in [-0.2, -0.15) is 0 Å². The zero-order valence-electron chi connectivity index (χ0n) is 12.8. The molecule has 2 unspecified atom stereocenters. The van der Waals surface area contributed by atoms with E-state index in [1.807, 2.05) is 0 Å². The summed E-state index contributed by atoms with van der Waals surface area (Å²) in [5, 5.41) is 10.7. The van der Waals surface area contributed by atoms with Crippen LogP contribution in [0.1, 0.15) is 66.2 Å². The standard InChI is InChI=1S/C16H33NO/c1-5-14-6-8-16(11-17,9-7-14)15(18)13(4)10-12(2)3/h12-15,18H,5-11,17H2,1-4H3. The molecule has 0 spiro atoms. The van der Waals surface area contributed by atoms with Gasteiger partial charge in [0.15, 0.2) is 0 Å². The minimum atomic E-state index is -0.220. The van der Waals surface area contributed by atoms with Crippen LogP contribution in [-0.4, -0.2) is 17.8 Å². The van der Waals surface area contributed by atoms with E-state index in [0.29, 0.717) is 18.4 Å². The first kappa shape index (κ1) is 16.0. The monoisotopic (exact) mass is 255 g/mol. The Morgan fingerprint density at radius 3 is 2.17 bits per heavy atom. The third kappa shape index (κ3) is 3.71. The smallest absolute Gasteiger partial charge is 0.0634 e. The minimum Gasteiger partial charge on any atom is -0.392 e. The van der Waals surface area contributed by atoms with Crippen LogP contribution >= 0.6 is 0 Å². The Balaban J connectivity index is 2.64. The third-order valence-corrected chi connectivity index (χ3v) is 5.09. The normalized spacial score (nSPS) is 32.5. The molecule has 108 valence electrons. The van der Waals surface area contributed by atoms with Crippen molar-refractivity contribution in [1.29, 1.82) is 0 Å². The summed E-state index contributed by atoms with van der Waals surface area (Å²) in [4.78, 5) is 0. The zero-order valence-corrected chi connectivity index (χ0v) is 12.8. The van der Waals surface area contributed by atoms with Gasteiger partial charge >= 0.3 is 0 Å². The topological polar surface area (TPSA) is 46.2 Å². The first-order valence-corrected chi connectivity index (χ1v) is 7.83. The molecule has 2 heteroatoms. The fourth-order valence-electron chi connectivity index (χ4n) is 3.76. The summed E-state index contributed by atoms with van der Waals surface area (Å²) >= 11 is 0. The molecular formula is C16H33NO. The first-order valence-electron chi connectivity index (χ1n) is 7.83. The lowest BCUT2D eigenvalue weighted by Crippen LogP contribution is -2.47. The summed E-state index contributed by atoms with van der Waals surface area (Å²) in [6.45, 7) is 9.57. The third-order valence-electron chi connectivity index (χ3n) is 5.09. The van der Waals surface area contributed by atoms with Crippen LogP contribution in [0.2, 0.25) is 0 Å². The van der Waals surface area contributed by atoms with Gasteiger partial charge in [0.05, 0.1) is 6.10 Å². The predicted molar refractivity (Wildman–Crippen MR) is 78.4 cm³/mol. The van der Waals surface area contributed by atoms with Crippen LogP contribution in [0.5, 0.6) is 0 Å². The largest absolute Gasteiger partial charge is 0.392 e. The van der Waals surface area contributed by atoms with Crippen molar-refractivity contribution in [2.75, 3.05) is 6.54 Å². The first-order chi connectivity index (χ1) is 8.45. The highest BCUT2D eigenvalue weighted by molar-refractivity contribution is 4.93. The SMILES string of the molecule is CCC1CCC(CN)(C(O)C(C)CC(C)C)CC1. The van der Waals surface area contributed by atoms with Crippen LogP contribution in [0.4, 0.5) is 0 Å². The number of aliphatic hydroxyl groups excluding tert-OH is 1. The van der Waals surface area contributed by atoms with Crippen LogP contribution in [0.15, 0.2) is 0 Å². The predicted octanol–water partition coefficient (Wildman–Crippen LogP) is 3.57. The Kier molecular flexibility index (Phi) is 6.13. The van der Waals surface area contributed by atoms with Crippen molar-refractivity contribution in [3.8, 4) is 0 Å². The minimum absolute atomic E-state index is 0.0000231. The van der Waals surface area contributed by atoms with Crippen LogP contribution in [0.3, 0.4) is 0 Å². The van der Waals surface area contributed by atoms with E-state index in [0.717, 1.165) is 25.2 Å². The maximum atomic E-state index is 10.7. The highest BCUT2D eigenvalue weighted by Crippen LogP contribution is 2.44. The van der Waals surface area contributed by atoms with Gasteiger partial charge in [-0.15, -0.1) is 0 Å². The molecule has 1 aliphatic rings. The Morgan fingerprint density at radius 1 is 1.22 bits per heavy atom. The van der Waals surface area contributed by atoms with Gasteiger partial charge in [-0.1, -0.05) is 34.1 Å². The number of hydrogen-bond acceptors (Lipinski definition) is 2. The molecule has 2 nitrogen and oxygen atoms in total. The van der Waals surface area contributed by atoms with E-state index in [1.54, 1.807) is 0 Å². The molecule has 0 radical (unpaired) electrons. The van der Waals surface area contributed by atoms with E-state index in [1.165, 1.54) is 19.3 Å². The second-order valence-corrected chi connectivity index (χ2v) is 6.97. The lowest BCUT2D eigenvalue weighted by atomic mass is 9.64. The molecule has 0 aromatic rings. The molecule has 0 aromatic carbocycles. The van der Waals surface area contributed by atoms with Crippen molar-refractivity contribution < 1.29 is 5.11 Å². The number of nitrogens with two attached hydrogens (primary N) is 1. The van der Waals surface area contributed by atoms with Crippen LogP contribution in [0.25, 0.3) is 0 Å². The summed E-state index contributed by atoms with van der Waals surface area (Å²) < 4.78 is 0. The van der Waals surface area contributed by atoms with Crippen LogP contribution < -0.4 is 5.73 Å². The average molecular weight is 255 g/mol. The molecule has 0 amide bonds. The van der Waals surface area contributed by atoms with Gasteiger partial charge < -0.3 is 10.8 Å². The summed E-state index contributed by atoms with van der Waals surface area (Å²) in [5.74, 6) is 1.88. The van der Waals surface area contributed by atoms with E-state index in [9.17, 15) is 5.11 Å². The van der Waals surface area contributed by atoms with E-state index in [4.69, 9.17) is 5.73 Å². The molecule has 0 saturated heterocycles. The van der Waals surface area contributed by atoms with E-state index in [2.05, 4.69) is 27.7 Å². The van der Waals surface area contributed by atoms with Gasteiger partial charge in [0.2, 0.25) is 0 Å². The lowest BCUT2D eigenvalue weighted by molar-refractivity contribution is -0.0448. The van der Waals surface area contributed by atoms with Crippen molar-refractivity contribution in [2.24, 2.45) is 28.9 Å². The molecule has 18 heavy (non-hydrogen) atoms. The van der Waals surface area contributed by atoms with E-state index < -0.39 is 0 Å². The van der Waals surface area contributed by atoms with Crippen molar-refractivity contribution in [3.05, 3.63) is 0 Å². The fourth-order valence-corrected chi connectivity index (χ4v) is 3.76. The highest BCUT2D eigenvalue weighted by atomic mass is 16.3. The summed E-state index contributed by atoms with van der Waals surface area (Å²) in [6, 6.07) is 0. The van der Waals surface area contributed by atoms with E-state index >= 15 is 0 Å². The molecule has 3 N–H and O–H groups in total. The van der Waals surface area contributed by atoms with Crippen molar-refractivity contribution in [2.45, 2.75) is 72.3 Å². The molecule has 2 atom stereocenters. The zero-order chi connectivity index (χ0) is 13.8. The van der Waals surface area contributed by atoms with Gasteiger partial charge in [0.1, 0.15) is 0 Å². The highest BCUT2D eigenvalue weighted by Gasteiger charge is 2.41. The molecule has 0 aliphatic heterocycles. The Morgan fingerprint density at radius 2 is 1.78 bits per heavy atom. The fraction of sp³-hybridized carbons (Fsp3) is 1.00. The Bertz CT molecular complexity index is 231. The second kappa shape index (κ2) is 6.91. The number of rotatable bonds is 6. The average Bonchev–Trinajstić information content (AvgIpc) is 2.37. The molecule has 0 aromatic heterocycles. The maximum absolute atomic E-state index is 10.7. The van der Waals surface area contributed by atoms with Gasteiger partial charge in [-0.25, -0.2) is 0 Å². The molecular weight excluding hydrogens is 222 g/mol. The maximum Gasteiger partial charge on any atom is 0.0634 e. The molecule has 1 fully saturated rings. The van der Waals surface area contributed by atoms with Crippen LogP contribution in [-0.2, 0) is 0 Å². The molecule has 1 rings (SSSR count). The number of aliphatic hydroxyl groups is 1.